The molecule has 5 saturated heterocycles. The molecule has 6 aliphatic heterocycles. The van der Waals surface area contributed by atoms with Gasteiger partial charge in [-0.05, 0) is 172 Å². The minimum atomic E-state index is -2.42. The second-order valence-electron chi connectivity index (χ2n) is 32.9. The molecule has 6 aliphatic rings. The minimum Gasteiger partial charge on any atom is -0.412 e. The van der Waals surface area contributed by atoms with Gasteiger partial charge in [-0.2, -0.15) is 0 Å². The van der Waals surface area contributed by atoms with Crippen molar-refractivity contribution in [1.82, 2.24) is 4.90 Å². The fourth-order valence-corrected chi connectivity index (χ4v) is 18.0. The van der Waals surface area contributed by atoms with Crippen molar-refractivity contribution in [1.29, 1.82) is 0 Å². The van der Waals surface area contributed by atoms with E-state index in [4.69, 9.17) is 37.0 Å². The number of allylic oxidation sites excluding steroid dienone is 1. The van der Waals surface area contributed by atoms with Crippen molar-refractivity contribution < 1.29 is 56.1 Å². The number of hydrogen-bond acceptors (Lipinski definition) is 12. The summed E-state index contributed by atoms with van der Waals surface area (Å²) in [6, 6.07) is 17.8. The second kappa shape index (κ2) is 29.4. The number of ketones is 2. The molecule has 0 aromatic heterocycles. The smallest absolute Gasteiger partial charge is 0.261 e. The van der Waals surface area contributed by atoms with Gasteiger partial charge in [0.15, 0.2) is 30.7 Å². The molecule has 91 heavy (non-hydrogen) atoms. The maximum atomic E-state index is 14.1. The predicted octanol–water partition coefficient (Wildman–Crippen LogP) is 16.6. The van der Waals surface area contributed by atoms with Crippen molar-refractivity contribution in [2.75, 3.05) is 6.54 Å². The quantitative estimate of drug-likeness (QED) is 0.0382. The van der Waals surface area contributed by atoms with Gasteiger partial charge in [0.1, 0.15) is 11.9 Å². The molecule has 0 spiro atoms. The average molecular weight is 1310 g/mol. The van der Waals surface area contributed by atoms with E-state index in [0.717, 1.165) is 56.1 Å². The van der Waals surface area contributed by atoms with E-state index in [2.05, 4.69) is 166 Å². The molecule has 2 amide bonds. The number of carbonyl (C=O) groups is 4. The van der Waals surface area contributed by atoms with Gasteiger partial charge in [-0.25, -0.2) is 0 Å². The molecule has 8 rings (SSSR count). The highest BCUT2D eigenvalue weighted by molar-refractivity contribution is 6.75. The molecule has 13 nitrogen and oxygen atoms in total. The first-order valence-corrected chi connectivity index (χ1v) is 43.4. The van der Waals surface area contributed by atoms with Crippen LogP contribution in [0.25, 0.3) is 0 Å². The van der Waals surface area contributed by atoms with Crippen LogP contribution in [0.4, 0.5) is 0 Å². The molecule has 2 aromatic rings. The van der Waals surface area contributed by atoms with Crippen LogP contribution in [0.2, 0.25) is 54.4 Å². The zero-order valence-electron chi connectivity index (χ0n) is 59.3. The van der Waals surface area contributed by atoms with Crippen LogP contribution in [0.3, 0.4) is 0 Å². The molecule has 0 bridgehead atoms. The summed E-state index contributed by atoms with van der Waals surface area (Å²) in [6.07, 6.45) is 9.75. The molecular weight excluding hydrogens is 1190 g/mol. The molecule has 0 saturated carbocycles. The lowest BCUT2D eigenvalue weighted by molar-refractivity contribution is -0.251. The lowest BCUT2D eigenvalue weighted by atomic mass is 9.79. The molecular formula is C75H117NO12Si3. The summed E-state index contributed by atoms with van der Waals surface area (Å²) < 4.78 is 56.9. The molecule has 4 unspecified atom stereocenters. The van der Waals surface area contributed by atoms with Crippen molar-refractivity contribution in [2.24, 2.45) is 23.7 Å². The number of benzene rings is 2. The van der Waals surface area contributed by atoms with E-state index in [1.54, 1.807) is 25.1 Å². The fraction of sp³-hybridized carbons (Fsp3) is 0.707. The summed E-state index contributed by atoms with van der Waals surface area (Å²) in [5.41, 5.74) is 4.35. The number of Topliss-reactive ketones (excluding diaryl/α,β-unsaturated/α-hetero) is 1. The van der Waals surface area contributed by atoms with Crippen molar-refractivity contribution >= 4 is 48.3 Å². The lowest BCUT2D eigenvalue weighted by Crippen LogP contribution is -2.64. The van der Waals surface area contributed by atoms with E-state index >= 15 is 0 Å². The van der Waals surface area contributed by atoms with Gasteiger partial charge in [-0.15, -0.1) is 0 Å². The van der Waals surface area contributed by atoms with Gasteiger partial charge in [-0.3, -0.25) is 24.1 Å². The van der Waals surface area contributed by atoms with Crippen molar-refractivity contribution in [3.63, 3.8) is 0 Å². The monoisotopic (exact) mass is 1310 g/mol. The highest BCUT2D eigenvalue weighted by Crippen LogP contribution is 2.48. The second-order valence-corrected chi connectivity index (χ2v) is 47.2. The Morgan fingerprint density at radius 2 is 1.29 bits per heavy atom. The summed E-state index contributed by atoms with van der Waals surface area (Å²) in [5, 5.41) is -0.257. The topological polar surface area (TPSA) is 145 Å². The molecule has 16 heteroatoms. The zero-order valence-corrected chi connectivity index (χ0v) is 62.3. The van der Waals surface area contributed by atoms with Crippen LogP contribution >= 0.6 is 0 Å². The summed E-state index contributed by atoms with van der Waals surface area (Å²) >= 11 is 0. The Balaban J connectivity index is 0.912. The third kappa shape index (κ3) is 17.7. The Morgan fingerprint density at radius 1 is 0.681 bits per heavy atom. The van der Waals surface area contributed by atoms with E-state index in [-0.39, 0.29) is 130 Å². The van der Waals surface area contributed by atoms with Gasteiger partial charge < -0.3 is 37.0 Å². The van der Waals surface area contributed by atoms with Crippen LogP contribution in [-0.2, 0) is 53.0 Å². The first-order chi connectivity index (χ1) is 42.3. The van der Waals surface area contributed by atoms with Gasteiger partial charge in [0.05, 0.1) is 90.9 Å². The Kier molecular flexibility index (Phi) is 23.7. The van der Waals surface area contributed by atoms with Gasteiger partial charge >= 0.3 is 0 Å². The number of ether oxygens (including phenoxy) is 5. The zero-order chi connectivity index (χ0) is 66.9. The summed E-state index contributed by atoms with van der Waals surface area (Å²) in [4.78, 5) is 55.5. The molecule has 506 valence electrons. The van der Waals surface area contributed by atoms with Crippen LogP contribution in [0, 0.1) is 23.7 Å². The van der Waals surface area contributed by atoms with E-state index in [1.165, 1.54) is 10.5 Å². The fourth-order valence-electron chi connectivity index (χ4n) is 14.0. The van der Waals surface area contributed by atoms with E-state index in [9.17, 15) is 19.2 Å². The Hall–Kier alpha value is -3.53. The number of amides is 2. The molecule has 0 aliphatic carbocycles. The van der Waals surface area contributed by atoms with Crippen LogP contribution in [-0.4, -0.2) is 139 Å². The van der Waals surface area contributed by atoms with Gasteiger partial charge in [0.2, 0.25) is 0 Å². The third-order valence-corrected chi connectivity index (χ3v) is 36.4. The summed E-state index contributed by atoms with van der Waals surface area (Å²) in [5.74, 6) is 0.213. The normalized spacial score (nSPS) is 31.1. The van der Waals surface area contributed by atoms with E-state index in [0.29, 0.717) is 49.7 Å². The Morgan fingerprint density at radius 3 is 1.90 bits per heavy atom. The van der Waals surface area contributed by atoms with E-state index in [1.807, 2.05) is 18.2 Å². The number of carbonyl (C=O) groups excluding carboxylic acids is 4. The predicted molar refractivity (Wildman–Crippen MR) is 371 cm³/mol. The third-order valence-electron chi connectivity index (χ3n) is 22.9. The van der Waals surface area contributed by atoms with Crippen LogP contribution in [0.15, 0.2) is 91.1 Å². The van der Waals surface area contributed by atoms with Crippen molar-refractivity contribution in [3.05, 3.63) is 108 Å². The molecule has 0 N–H and O–H groups in total. The van der Waals surface area contributed by atoms with Gasteiger partial charge in [0, 0.05) is 31.6 Å². The maximum absolute atomic E-state index is 14.1. The van der Waals surface area contributed by atoms with Crippen LogP contribution in [0.1, 0.15) is 193 Å². The first kappa shape index (κ1) is 73.3. The molecule has 17 atom stereocenters. The standard InChI is InChI=1S/C75H117NO12Si3/c1-47-41-56(82-66(50(47)4)45-67-59(37-31-53-27-23-22-24-28-53)51(5)65(84-67)44-58(86-89(16,17)73(7,8)9)46-76-71(79)60-29-25-26-30-61(60)72(76)80)35-39-62-48(2)42-55(81-62)34-32-54(78)33-38-64(87-90(18,19)74(10,11)12)70-69(88-91(20,21)75(13,14)15)52(6)68-63(85-70)40-36-57(83-68)43-49(3)77/h22-30,33,38,47,51-52,55-59,62-70H,2,4,31-32,34-37,39-46H2,1,3,5-21H3/b38-33+/t47-,51-,52+,55+,56+,57-,58+,59?,62?,63+,64+,65-,66?,67+,68-,69+,70?/m1/s1. The molecule has 2 aromatic carbocycles. The number of hydrogen-bond donors (Lipinski definition) is 0. The number of rotatable bonds is 26. The number of aryl methyl sites for hydroxylation is 1. The number of fused-ring (bicyclic) bond motifs is 2. The molecule has 0 radical (unpaired) electrons. The summed E-state index contributed by atoms with van der Waals surface area (Å²) in [6.45, 7) is 51.4. The lowest BCUT2D eigenvalue weighted by Gasteiger charge is -2.54. The SMILES string of the molecule is C=C1C[C@H](CCC(=O)/C=C/[C@H](O[Si](C)(C)C(C)(C)C)C2O[C@H]3CC[C@H](CC(C)=O)O[C@@H]3[C@H](C)[C@@H]2O[Si](C)(C)C(C)(C)C)OC1CC[C@H]1C[C@@H](C)C(=C)C(C[C@@H]2O[C@H](C[C@@H](CN3C(=O)c4ccccc4C3=O)O[Si](C)(C)C(C)(C)C)[C@H](C)C2CCc2ccccc2)O1. The Labute approximate surface area is 551 Å². The summed E-state index contributed by atoms with van der Waals surface area (Å²) in [7, 11) is -7.15. The highest BCUT2D eigenvalue weighted by Gasteiger charge is 2.55. The van der Waals surface area contributed by atoms with Crippen LogP contribution in [0.5, 0.6) is 0 Å². The minimum absolute atomic E-state index is 0.00301. The first-order valence-electron chi connectivity index (χ1n) is 34.7. The molecule has 6 heterocycles. The van der Waals surface area contributed by atoms with Crippen LogP contribution < -0.4 is 0 Å². The Bertz CT molecular complexity index is 2870. The van der Waals surface area contributed by atoms with Gasteiger partial charge in [-0.1, -0.05) is 145 Å². The number of imide groups is 1. The maximum Gasteiger partial charge on any atom is 0.261 e. The number of nitrogens with zero attached hydrogens (tertiary/aromatic N) is 1. The average Bonchev–Trinajstić information content (AvgIpc) is 0.956. The van der Waals surface area contributed by atoms with Crippen molar-refractivity contribution in [2.45, 2.75) is 307 Å². The van der Waals surface area contributed by atoms with E-state index < -0.39 is 43.3 Å². The largest absolute Gasteiger partial charge is 0.412 e. The van der Waals surface area contributed by atoms with Crippen molar-refractivity contribution in [3.8, 4) is 0 Å². The van der Waals surface area contributed by atoms with Gasteiger partial charge in [0.25, 0.3) is 11.8 Å². The highest BCUT2D eigenvalue weighted by atomic mass is 28.4. The molecule has 5 fully saturated rings.